The van der Waals surface area contributed by atoms with E-state index in [0.717, 1.165) is 64.7 Å². The van der Waals surface area contributed by atoms with Crippen LogP contribution in [-0.4, -0.2) is 69.4 Å². The van der Waals surface area contributed by atoms with Gasteiger partial charge in [0.2, 0.25) is 0 Å². The highest BCUT2D eigenvalue weighted by molar-refractivity contribution is 5.79. The molecule has 2 N–H and O–H groups in total. The second kappa shape index (κ2) is 12.5. The van der Waals surface area contributed by atoms with Gasteiger partial charge in [-0.15, -0.1) is 0 Å². The Labute approximate surface area is 162 Å². The first-order valence-electron chi connectivity index (χ1n) is 9.96. The van der Waals surface area contributed by atoms with E-state index in [9.17, 15) is 4.39 Å². The van der Waals surface area contributed by atoms with Crippen LogP contribution in [0.2, 0.25) is 0 Å². The summed E-state index contributed by atoms with van der Waals surface area (Å²) in [5.41, 5.74) is 0. The summed E-state index contributed by atoms with van der Waals surface area (Å²) in [6.07, 6.45) is 1.65. The van der Waals surface area contributed by atoms with Crippen molar-refractivity contribution >= 4 is 5.96 Å². The fraction of sp³-hybridized carbons (Fsp3) is 0.650. The molecule has 7 heteroatoms. The summed E-state index contributed by atoms with van der Waals surface area (Å²) in [4.78, 5) is 7.03. The smallest absolute Gasteiger partial charge is 0.191 e. The van der Waals surface area contributed by atoms with Crippen LogP contribution < -0.4 is 15.4 Å². The lowest BCUT2D eigenvalue weighted by Crippen LogP contribution is -2.41. The van der Waals surface area contributed by atoms with E-state index >= 15 is 0 Å². The van der Waals surface area contributed by atoms with Gasteiger partial charge in [0.15, 0.2) is 17.5 Å². The summed E-state index contributed by atoms with van der Waals surface area (Å²) in [6.45, 7) is 10.9. The Kier molecular flexibility index (Phi) is 9.94. The normalized spacial score (nSPS) is 16.8. The Balaban J connectivity index is 1.77. The second-order valence-electron chi connectivity index (χ2n) is 6.53. The highest BCUT2D eigenvalue weighted by atomic mass is 19.1. The van der Waals surface area contributed by atoms with Crippen LogP contribution in [0.3, 0.4) is 0 Å². The van der Waals surface area contributed by atoms with E-state index in [1.807, 2.05) is 13.8 Å². The lowest BCUT2D eigenvalue weighted by molar-refractivity contribution is 0.0376. The van der Waals surface area contributed by atoms with E-state index in [0.29, 0.717) is 6.54 Å². The maximum atomic E-state index is 13.8. The van der Waals surface area contributed by atoms with Gasteiger partial charge in [0.1, 0.15) is 6.10 Å². The van der Waals surface area contributed by atoms with Gasteiger partial charge in [-0.2, -0.15) is 0 Å². The van der Waals surface area contributed by atoms with Gasteiger partial charge in [0, 0.05) is 26.2 Å². The highest BCUT2D eigenvalue weighted by Gasteiger charge is 2.12. The van der Waals surface area contributed by atoms with Gasteiger partial charge in [0.25, 0.3) is 0 Å². The van der Waals surface area contributed by atoms with E-state index in [1.165, 1.54) is 6.07 Å². The Hall–Kier alpha value is -1.86. The van der Waals surface area contributed by atoms with Gasteiger partial charge in [0.05, 0.1) is 19.8 Å². The van der Waals surface area contributed by atoms with Crippen LogP contribution in [0.4, 0.5) is 4.39 Å². The number of guanidine groups is 1. The molecule has 1 aromatic carbocycles. The van der Waals surface area contributed by atoms with E-state index in [2.05, 4.69) is 20.5 Å². The number of para-hydroxylation sites is 1. The molecule has 1 aliphatic heterocycles. The number of morpholine rings is 1. The number of halogens is 1. The Morgan fingerprint density at radius 2 is 2.04 bits per heavy atom. The Morgan fingerprint density at radius 3 is 2.74 bits per heavy atom. The standard InChI is InChI=1S/C20H33FN4O2/c1-3-17(27-19-9-6-5-8-18(19)21)16-24-20(22-4-2)23-10-7-11-25-12-14-26-15-13-25/h5-6,8-9,17H,3-4,7,10-16H2,1-2H3,(H2,22,23,24). The number of benzene rings is 1. The zero-order valence-corrected chi connectivity index (χ0v) is 16.5. The van der Waals surface area contributed by atoms with Crippen molar-refractivity contribution in [2.24, 2.45) is 4.99 Å². The lowest BCUT2D eigenvalue weighted by atomic mass is 10.2. The van der Waals surface area contributed by atoms with Crippen LogP contribution in [0.5, 0.6) is 5.75 Å². The number of hydrogen-bond acceptors (Lipinski definition) is 4. The highest BCUT2D eigenvalue weighted by Crippen LogP contribution is 2.18. The predicted molar refractivity (Wildman–Crippen MR) is 107 cm³/mol. The van der Waals surface area contributed by atoms with Crippen LogP contribution in [0, 0.1) is 5.82 Å². The van der Waals surface area contributed by atoms with Gasteiger partial charge in [-0.25, -0.2) is 9.38 Å². The van der Waals surface area contributed by atoms with E-state index < -0.39 is 0 Å². The van der Waals surface area contributed by atoms with Crippen molar-refractivity contribution in [3.05, 3.63) is 30.1 Å². The zero-order chi connectivity index (χ0) is 19.3. The number of hydrogen-bond donors (Lipinski definition) is 2. The summed E-state index contributed by atoms with van der Waals surface area (Å²) >= 11 is 0. The molecule has 152 valence electrons. The summed E-state index contributed by atoms with van der Waals surface area (Å²) in [5.74, 6) is 0.714. The number of rotatable bonds is 10. The first-order valence-corrected chi connectivity index (χ1v) is 9.96. The monoisotopic (exact) mass is 380 g/mol. The molecular weight excluding hydrogens is 347 g/mol. The van der Waals surface area contributed by atoms with Gasteiger partial charge in [-0.05, 0) is 38.4 Å². The van der Waals surface area contributed by atoms with Crippen molar-refractivity contribution in [2.75, 3.05) is 52.5 Å². The van der Waals surface area contributed by atoms with Gasteiger partial charge < -0.3 is 20.1 Å². The third-order valence-electron chi connectivity index (χ3n) is 4.43. The van der Waals surface area contributed by atoms with Gasteiger partial charge in [-0.3, -0.25) is 4.90 Å². The van der Waals surface area contributed by atoms with Crippen molar-refractivity contribution in [2.45, 2.75) is 32.8 Å². The number of nitrogens with zero attached hydrogens (tertiary/aromatic N) is 2. The molecule has 0 amide bonds. The molecule has 1 aliphatic rings. The number of ether oxygens (including phenoxy) is 2. The molecule has 1 atom stereocenters. The summed E-state index contributed by atoms with van der Waals surface area (Å²) in [6, 6.07) is 6.49. The average Bonchev–Trinajstić information content (AvgIpc) is 2.70. The molecular formula is C20H33FN4O2. The maximum Gasteiger partial charge on any atom is 0.191 e. The van der Waals surface area contributed by atoms with Crippen molar-refractivity contribution in [1.29, 1.82) is 0 Å². The Morgan fingerprint density at radius 1 is 1.26 bits per heavy atom. The fourth-order valence-electron chi connectivity index (χ4n) is 2.84. The third kappa shape index (κ3) is 8.13. The number of nitrogens with one attached hydrogen (secondary N) is 2. The minimum atomic E-state index is -0.340. The molecule has 1 unspecified atom stereocenters. The molecule has 2 rings (SSSR count). The first-order chi connectivity index (χ1) is 13.2. The number of aliphatic imine (C=N–C) groups is 1. The molecule has 0 bridgehead atoms. The van der Waals surface area contributed by atoms with Crippen molar-refractivity contribution in [3.8, 4) is 5.75 Å². The molecule has 1 saturated heterocycles. The van der Waals surface area contributed by atoms with Gasteiger partial charge in [-0.1, -0.05) is 19.1 Å². The van der Waals surface area contributed by atoms with Crippen molar-refractivity contribution < 1.29 is 13.9 Å². The quantitative estimate of drug-likeness (QED) is 0.370. The molecule has 0 spiro atoms. The predicted octanol–water partition coefficient (Wildman–Crippen LogP) is 2.26. The molecule has 0 aromatic heterocycles. The molecule has 1 aromatic rings. The topological polar surface area (TPSA) is 58.1 Å². The molecule has 0 aliphatic carbocycles. The van der Waals surface area contributed by atoms with Crippen LogP contribution in [-0.2, 0) is 4.74 Å². The SMILES string of the molecule is CCNC(=NCC(CC)Oc1ccccc1F)NCCCN1CCOCC1. The molecule has 6 nitrogen and oxygen atoms in total. The minimum absolute atomic E-state index is 0.161. The Bertz CT molecular complexity index is 565. The van der Waals surface area contributed by atoms with Gasteiger partial charge >= 0.3 is 0 Å². The molecule has 0 radical (unpaired) electrons. The van der Waals surface area contributed by atoms with Crippen molar-refractivity contribution in [3.63, 3.8) is 0 Å². The minimum Gasteiger partial charge on any atom is -0.485 e. The molecule has 0 saturated carbocycles. The van der Waals surface area contributed by atoms with Crippen LogP contribution >= 0.6 is 0 Å². The maximum absolute atomic E-state index is 13.8. The lowest BCUT2D eigenvalue weighted by Gasteiger charge is -2.26. The molecule has 27 heavy (non-hydrogen) atoms. The molecule has 1 heterocycles. The zero-order valence-electron chi connectivity index (χ0n) is 16.5. The summed E-state index contributed by atoms with van der Waals surface area (Å²) in [7, 11) is 0. The second-order valence-corrected chi connectivity index (χ2v) is 6.53. The fourth-order valence-corrected chi connectivity index (χ4v) is 2.84. The van der Waals surface area contributed by atoms with Crippen LogP contribution in [0.15, 0.2) is 29.3 Å². The van der Waals surface area contributed by atoms with Crippen LogP contribution in [0.1, 0.15) is 26.7 Å². The van der Waals surface area contributed by atoms with E-state index in [4.69, 9.17) is 9.47 Å². The summed E-state index contributed by atoms with van der Waals surface area (Å²) < 4.78 is 24.9. The first kappa shape index (κ1) is 21.4. The van der Waals surface area contributed by atoms with E-state index in [1.54, 1.807) is 18.2 Å². The molecule has 1 fully saturated rings. The summed E-state index contributed by atoms with van der Waals surface area (Å²) in [5, 5.41) is 6.62. The van der Waals surface area contributed by atoms with Crippen molar-refractivity contribution in [1.82, 2.24) is 15.5 Å². The van der Waals surface area contributed by atoms with E-state index in [-0.39, 0.29) is 17.7 Å². The average molecular weight is 381 g/mol. The third-order valence-corrected chi connectivity index (χ3v) is 4.43. The largest absolute Gasteiger partial charge is 0.485 e. The van der Waals surface area contributed by atoms with Crippen LogP contribution in [0.25, 0.3) is 0 Å².